The molecule has 1 unspecified atom stereocenters. The van der Waals surface area contributed by atoms with E-state index in [0.717, 1.165) is 18.4 Å². The van der Waals surface area contributed by atoms with Crippen LogP contribution < -0.4 is 4.74 Å². The molecule has 1 aliphatic carbocycles. The van der Waals surface area contributed by atoms with Gasteiger partial charge < -0.3 is 9.84 Å². The molecular formula is C14H18O3. The van der Waals surface area contributed by atoms with Gasteiger partial charge in [0.2, 0.25) is 0 Å². The molecule has 0 aliphatic heterocycles. The summed E-state index contributed by atoms with van der Waals surface area (Å²) in [4.78, 5) is 11.1. The Hall–Kier alpha value is -1.51. The highest BCUT2D eigenvalue weighted by atomic mass is 16.5. The fourth-order valence-electron chi connectivity index (χ4n) is 2.43. The van der Waals surface area contributed by atoms with E-state index in [9.17, 15) is 4.79 Å². The van der Waals surface area contributed by atoms with Crippen molar-refractivity contribution in [1.82, 2.24) is 0 Å². The van der Waals surface area contributed by atoms with Crippen LogP contribution in [0.3, 0.4) is 0 Å². The maximum Gasteiger partial charge on any atom is 0.310 e. The van der Waals surface area contributed by atoms with Crippen molar-refractivity contribution in [3.05, 3.63) is 28.8 Å². The van der Waals surface area contributed by atoms with Gasteiger partial charge in [-0.25, -0.2) is 0 Å². The average molecular weight is 234 g/mol. The van der Waals surface area contributed by atoms with Crippen LogP contribution in [0.4, 0.5) is 0 Å². The fourth-order valence-corrected chi connectivity index (χ4v) is 2.43. The Morgan fingerprint density at radius 2 is 1.88 bits per heavy atom. The van der Waals surface area contributed by atoms with Crippen molar-refractivity contribution >= 4 is 5.97 Å². The van der Waals surface area contributed by atoms with E-state index >= 15 is 0 Å². The molecule has 3 heteroatoms. The molecule has 0 heterocycles. The van der Waals surface area contributed by atoms with Crippen LogP contribution in [0.5, 0.6) is 5.75 Å². The number of aliphatic carboxylic acids is 1. The number of aryl methyl sites for hydroxylation is 2. The maximum atomic E-state index is 11.1. The Morgan fingerprint density at radius 3 is 2.41 bits per heavy atom. The predicted molar refractivity (Wildman–Crippen MR) is 65.7 cm³/mol. The van der Waals surface area contributed by atoms with Gasteiger partial charge in [0.15, 0.2) is 0 Å². The number of hydrogen-bond donors (Lipinski definition) is 1. The molecule has 0 aromatic heterocycles. The van der Waals surface area contributed by atoms with Crippen molar-refractivity contribution in [2.24, 2.45) is 0 Å². The van der Waals surface area contributed by atoms with Crippen molar-refractivity contribution in [3.63, 3.8) is 0 Å². The van der Waals surface area contributed by atoms with E-state index in [2.05, 4.69) is 0 Å². The minimum atomic E-state index is -0.806. The van der Waals surface area contributed by atoms with E-state index in [-0.39, 0.29) is 0 Å². The highest BCUT2D eigenvalue weighted by Crippen LogP contribution is 2.33. The van der Waals surface area contributed by atoms with Gasteiger partial charge in [-0.2, -0.15) is 0 Å². The second-order valence-electron chi connectivity index (χ2n) is 4.63. The second-order valence-corrected chi connectivity index (χ2v) is 4.63. The number of fused-ring (bicyclic) bond motifs is 1. The molecule has 1 aliphatic rings. The predicted octanol–water partition coefficient (Wildman–Crippen LogP) is 2.76. The Balaban J connectivity index is 2.46. The zero-order chi connectivity index (χ0) is 12.4. The van der Waals surface area contributed by atoms with Crippen molar-refractivity contribution in [2.45, 2.75) is 38.5 Å². The topological polar surface area (TPSA) is 46.5 Å². The van der Waals surface area contributed by atoms with Crippen molar-refractivity contribution in [1.29, 1.82) is 0 Å². The molecule has 0 saturated heterocycles. The fraction of sp³-hybridized carbons (Fsp3) is 0.500. The van der Waals surface area contributed by atoms with Gasteiger partial charge in [0.1, 0.15) is 5.75 Å². The van der Waals surface area contributed by atoms with Gasteiger partial charge in [-0.05, 0) is 49.8 Å². The van der Waals surface area contributed by atoms with Gasteiger partial charge in [-0.3, -0.25) is 4.79 Å². The normalized spacial score (nSPS) is 16.1. The molecule has 0 radical (unpaired) electrons. The van der Waals surface area contributed by atoms with Crippen LogP contribution in [-0.2, 0) is 17.6 Å². The Labute approximate surface area is 101 Å². The lowest BCUT2D eigenvalue weighted by Crippen LogP contribution is -2.12. The first-order valence-electron chi connectivity index (χ1n) is 6.06. The summed E-state index contributed by atoms with van der Waals surface area (Å²) in [6.45, 7) is 1.70. The van der Waals surface area contributed by atoms with Crippen molar-refractivity contribution in [3.8, 4) is 5.75 Å². The highest BCUT2D eigenvalue weighted by molar-refractivity contribution is 5.77. The van der Waals surface area contributed by atoms with E-state index in [1.54, 1.807) is 14.0 Å². The number of hydrogen-bond acceptors (Lipinski definition) is 2. The zero-order valence-electron chi connectivity index (χ0n) is 10.3. The Morgan fingerprint density at radius 1 is 1.29 bits per heavy atom. The zero-order valence-corrected chi connectivity index (χ0v) is 10.3. The third kappa shape index (κ3) is 2.28. The van der Waals surface area contributed by atoms with E-state index < -0.39 is 11.9 Å². The first-order valence-corrected chi connectivity index (χ1v) is 6.06. The molecule has 0 saturated carbocycles. The van der Waals surface area contributed by atoms with E-state index in [1.807, 2.05) is 12.1 Å². The first kappa shape index (κ1) is 12.0. The van der Waals surface area contributed by atoms with Gasteiger partial charge in [-0.15, -0.1) is 0 Å². The largest absolute Gasteiger partial charge is 0.496 e. The molecule has 92 valence electrons. The van der Waals surface area contributed by atoms with Crippen LogP contribution >= 0.6 is 0 Å². The molecule has 0 fully saturated rings. The summed E-state index contributed by atoms with van der Waals surface area (Å²) in [5, 5.41) is 9.10. The number of benzene rings is 1. The molecule has 1 aromatic rings. The highest BCUT2D eigenvalue weighted by Gasteiger charge is 2.21. The Kier molecular flexibility index (Phi) is 3.36. The maximum absolute atomic E-state index is 11.1. The molecular weight excluding hydrogens is 216 g/mol. The molecule has 0 spiro atoms. The molecule has 1 N–H and O–H groups in total. The minimum absolute atomic E-state index is 0.517. The molecule has 3 nitrogen and oxygen atoms in total. The lowest BCUT2D eigenvalue weighted by Gasteiger charge is -2.20. The number of carboxylic acid groups (broad SMARTS) is 1. The monoisotopic (exact) mass is 234 g/mol. The third-order valence-corrected chi connectivity index (χ3v) is 3.53. The lowest BCUT2D eigenvalue weighted by molar-refractivity contribution is -0.138. The number of carbonyl (C=O) groups is 1. The van der Waals surface area contributed by atoms with Gasteiger partial charge in [0.05, 0.1) is 13.0 Å². The number of carboxylic acids is 1. The molecule has 1 aromatic carbocycles. The van der Waals surface area contributed by atoms with Gasteiger partial charge in [0, 0.05) is 5.56 Å². The average Bonchev–Trinajstić information content (AvgIpc) is 2.36. The Bertz CT molecular complexity index is 437. The summed E-state index contributed by atoms with van der Waals surface area (Å²) < 4.78 is 5.32. The molecule has 2 rings (SSSR count). The summed E-state index contributed by atoms with van der Waals surface area (Å²) >= 11 is 0. The smallest absolute Gasteiger partial charge is 0.310 e. The van der Waals surface area contributed by atoms with Crippen LogP contribution in [0.2, 0.25) is 0 Å². The van der Waals surface area contributed by atoms with Crippen molar-refractivity contribution < 1.29 is 14.6 Å². The molecule has 17 heavy (non-hydrogen) atoms. The van der Waals surface area contributed by atoms with Crippen LogP contribution in [0.1, 0.15) is 42.4 Å². The second kappa shape index (κ2) is 4.78. The summed E-state index contributed by atoms with van der Waals surface area (Å²) in [7, 11) is 1.60. The summed E-state index contributed by atoms with van der Waals surface area (Å²) in [6, 6.07) is 4.04. The van der Waals surface area contributed by atoms with E-state index in [0.29, 0.717) is 5.75 Å². The van der Waals surface area contributed by atoms with Gasteiger partial charge in [0.25, 0.3) is 0 Å². The SMILES string of the molecule is COc1cc2c(cc1C(C)C(=O)O)CCCC2. The van der Waals surface area contributed by atoms with E-state index in [1.165, 1.54) is 24.0 Å². The minimum Gasteiger partial charge on any atom is -0.496 e. The first-order chi connectivity index (χ1) is 8.13. The van der Waals surface area contributed by atoms with Crippen molar-refractivity contribution in [2.75, 3.05) is 7.11 Å². The lowest BCUT2D eigenvalue weighted by atomic mass is 9.87. The van der Waals surface area contributed by atoms with E-state index in [4.69, 9.17) is 9.84 Å². The summed E-state index contributed by atoms with van der Waals surface area (Å²) in [5.74, 6) is -0.614. The molecule has 1 atom stereocenters. The third-order valence-electron chi connectivity index (χ3n) is 3.53. The quantitative estimate of drug-likeness (QED) is 0.874. The summed E-state index contributed by atoms with van der Waals surface area (Å²) in [6.07, 6.45) is 4.54. The van der Waals surface area contributed by atoms with Crippen LogP contribution in [0.15, 0.2) is 12.1 Å². The summed E-state index contributed by atoms with van der Waals surface area (Å²) in [5.41, 5.74) is 3.40. The van der Waals surface area contributed by atoms with Crippen LogP contribution in [-0.4, -0.2) is 18.2 Å². The molecule has 0 bridgehead atoms. The standard InChI is InChI=1S/C14H18O3/c1-9(14(15)16)12-7-10-5-3-4-6-11(10)8-13(12)17-2/h7-9H,3-6H2,1-2H3,(H,15,16). The van der Waals surface area contributed by atoms with Crippen LogP contribution in [0.25, 0.3) is 0 Å². The van der Waals surface area contributed by atoms with Gasteiger partial charge in [-0.1, -0.05) is 6.07 Å². The number of ether oxygens (including phenoxy) is 1. The van der Waals surface area contributed by atoms with Crippen LogP contribution in [0, 0.1) is 0 Å². The number of rotatable bonds is 3. The number of methoxy groups -OCH3 is 1. The molecule has 0 amide bonds. The van der Waals surface area contributed by atoms with Gasteiger partial charge >= 0.3 is 5.97 Å².